The third kappa shape index (κ3) is 3.63. The normalized spacial score (nSPS) is 12.6. The van der Waals surface area contributed by atoms with E-state index in [1.54, 1.807) is 16.8 Å². The molecule has 1 amide bonds. The minimum Gasteiger partial charge on any atom is -0.494 e. The van der Waals surface area contributed by atoms with Crippen LogP contribution in [0.15, 0.2) is 48.5 Å². The number of carbonyl (C=O) groups is 1. The molecule has 28 heavy (non-hydrogen) atoms. The zero-order valence-electron chi connectivity index (χ0n) is 15.7. The smallest absolute Gasteiger partial charge is 0.272 e. The molecule has 1 aliphatic carbocycles. The first-order valence-electron chi connectivity index (χ1n) is 9.52. The Labute approximate surface area is 163 Å². The Bertz CT molecular complexity index is 996. The molecule has 0 atom stereocenters. The molecule has 1 aliphatic rings. The van der Waals surface area contributed by atoms with Gasteiger partial charge in [-0.15, -0.1) is 0 Å². The maximum Gasteiger partial charge on any atom is 0.272 e. The van der Waals surface area contributed by atoms with Gasteiger partial charge in [0.05, 0.1) is 12.3 Å². The molecule has 2 aromatic carbocycles. The molecule has 0 saturated carbocycles. The van der Waals surface area contributed by atoms with Crippen LogP contribution in [0.5, 0.6) is 5.75 Å². The molecule has 144 valence electrons. The number of halogens is 1. The molecule has 0 fully saturated rings. The van der Waals surface area contributed by atoms with Crippen molar-refractivity contribution in [1.82, 2.24) is 15.1 Å². The number of aromatic nitrogens is 2. The molecule has 0 saturated heterocycles. The third-order valence-electron chi connectivity index (χ3n) is 4.88. The predicted octanol–water partition coefficient (Wildman–Crippen LogP) is 3.83. The third-order valence-corrected chi connectivity index (χ3v) is 4.88. The van der Waals surface area contributed by atoms with Gasteiger partial charge in [-0.3, -0.25) is 4.79 Å². The Kier molecular flexibility index (Phi) is 5.10. The van der Waals surface area contributed by atoms with Crippen LogP contribution in [0, 0.1) is 5.82 Å². The summed E-state index contributed by atoms with van der Waals surface area (Å²) in [5.41, 5.74) is 4.22. The number of rotatable bonds is 6. The molecule has 1 heterocycles. The molecular weight excluding hydrogens is 357 g/mol. The highest BCUT2D eigenvalue weighted by atomic mass is 19.1. The summed E-state index contributed by atoms with van der Waals surface area (Å²) in [5.74, 6) is 0.302. The maximum atomic E-state index is 13.2. The highest BCUT2D eigenvalue weighted by Gasteiger charge is 2.26. The quantitative estimate of drug-likeness (QED) is 0.708. The Balaban J connectivity index is 1.54. The van der Waals surface area contributed by atoms with Crippen molar-refractivity contribution in [1.29, 1.82) is 0 Å². The van der Waals surface area contributed by atoms with Gasteiger partial charge in [0, 0.05) is 17.8 Å². The van der Waals surface area contributed by atoms with Gasteiger partial charge in [-0.05, 0) is 68.1 Å². The molecule has 1 aromatic heterocycles. The molecule has 1 N–H and O–H groups in total. The van der Waals surface area contributed by atoms with Gasteiger partial charge in [0.1, 0.15) is 11.6 Å². The Hall–Kier alpha value is -3.15. The van der Waals surface area contributed by atoms with Crippen LogP contribution in [0.1, 0.15) is 40.7 Å². The molecule has 3 aromatic rings. The van der Waals surface area contributed by atoms with Crippen molar-refractivity contribution in [2.45, 2.75) is 32.7 Å². The van der Waals surface area contributed by atoms with Crippen LogP contribution < -0.4 is 10.1 Å². The predicted molar refractivity (Wildman–Crippen MR) is 104 cm³/mol. The van der Waals surface area contributed by atoms with Crippen molar-refractivity contribution in [2.75, 3.05) is 6.61 Å². The van der Waals surface area contributed by atoms with Crippen molar-refractivity contribution in [3.8, 4) is 11.4 Å². The second kappa shape index (κ2) is 7.84. The fraction of sp³-hybridized carbons (Fsp3) is 0.273. The van der Waals surface area contributed by atoms with E-state index < -0.39 is 0 Å². The number of hydrogen-bond donors (Lipinski definition) is 1. The first-order valence-corrected chi connectivity index (χ1v) is 9.52. The molecule has 0 spiro atoms. The zero-order valence-corrected chi connectivity index (χ0v) is 15.7. The van der Waals surface area contributed by atoms with E-state index in [1.807, 2.05) is 31.2 Å². The molecule has 6 heteroatoms. The lowest BCUT2D eigenvalue weighted by atomic mass is 10.1. The van der Waals surface area contributed by atoms with Gasteiger partial charge < -0.3 is 10.1 Å². The number of benzene rings is 2. The van der Waals surface area contributed by atoms with E-state index in [2.05, 4.69) is 10.4 Å². The first kappa shape index (κ1) is 18.2. The van der Waals surface area contributed by atoms with Crippen molar-refractivity contribution in [3.05, 3.63) is 76.9 Å². The van der Waals surface area contributed by atoms with E-state index in [4.69, 9.17) is 4.74 Å². The van der Waals surface area contributed by atoms with Crippen molar-refractivity contribution >= 4 is 5.91 Å². The van der Waals surface area contributed by atoms with Gasteiger partial charge in [0.2, 0.25) is 0 Å². The minimum atomic E-state index is -0.292. The van der Waals surface area contributed by atoms with Crippen LogP contribution in [0.3, 0.4) is 0 Å². The van der Waals surface area contributed by atoms with Gasteiger partial charge in [-0.25, -0.2) is 9.07 Å². The molecule has 0 bridgehead atoms. The summed E-state index contributed by atoms with van der Waals surface area (Å²) in [6.07, 6.45) is 2.69. The fourth-order valence-electron chi connectivity index (χ4n) is 3.59. The van der Waals surface area contributed by atoms with Crippen LogP contribution >= 0.6 is 0 Å². The van der Waals surface area contributed by atoms with Crippen molar-refractivity contribution in [3.63, 3.8) is 0 Å². The van der Waals surface area contributed by atoms with Gasteiger partial charge in [-0.1, -0.05) is 12.1 Å². The Morgan fingerprint density at radius 1 is 1.21 bits per heavy atom. The van der Waals surface area contributed by atoms with E-state index in [0.29, 0.717) is 18.8 Å². The topological polar surface area (TPSA) is 56.1 Å². The summed E-state index contributed by atoms with van der Waals surface area (Å²) in [7, 11) is 0. The number of nitrogens with one attached hydrogen (secondary N) is 1. The van der Waals surface area contributed by atoms with Crippen LogP contribution in [-0.4, -0.2) is 22.3 Å². The highest BCUT2D eigenvalue weighted by molar-refractivity contribution is 5.94. The molecular formula is C22H22FN3O2. The van der Waals surface area contributed by atoms with E-state index >= 15 is 0 Å². The van der Waals surface area contributed by atoms with E-state index in [0.717, 1.165) is 47.5 Å². The summed E-state index contributed by atoms with van der Waals surface area (Å²) >= 11 is 0. The standard InChI is InChI=1S/C22H22FN3O2/c1-2-28-18-6-3-5-15(13-18)14-24-22(27)21-19-7-4-8-20(19)26(25-21)17-11-9-16(23)10-12-17/h3,5-6,9-13H,2,4,7-8,14H2,1H3,(H,24,27). The molecule has 0 aliphatic heterocycles. The summed E-state index contributed by atoms with van der Waals surface area (Å²) in [6.45, 7) is 2.94. The first-order chi connectivity index (χ1) is 13.7. The van der Waals surface area contributed by atoms with Crippen LogP contribution in [0.25, 0.3) is 5.69 Å². The van der Waals surface area contributed by atoms with E-state index in [9.17, 15) is 9.18 Å². The van der Waals surface area contributed by atoms with Gasteiger partial charge in [0.25, 0.3) is 5.91 Å². The Morgan fingerprint density at radius 2 is 2.04 bits per heavy atom. The van der Waals surface area contributed by atoms with Gasteiger partial charge in [-0.2, -0.15) is 5.10 Å². The number of amides is 1. The van der Waals surface area contributed by atoms with Crippen LogP contribution in [0.4, 0.5) is 4.39 Å². The highest BCUT2D eigenvalue weighted by Crippen LogP contribution is 2.28. The van der Waals surface area contributed by atoms with E-state index in [1.165, 1.54) is 12.1 Å². The maximum absolute atomic E-state index is 13.2. The Morgan fingerprint density at radius 3 is 2.82 bits per heavy atom. The molecule has 4 rings (SSSR count). The molecule has 0 radical (unpaired) electrons. The second-order valence-electron chi connectivity index (χ2n) is 6.78. The lowest BCUT2D eigenvalue weighted by molar-refractivity contribution is 0.0944. The molecule has 5 nitrogen and oxygen atoms in total. The number of carbonyl (C=O) groups excluding carboxylic acids is 1. The summed E-state index contributed by atoms with van der Waals surface area (Å²) in [6, 6.07) is 13.9. The number of ether oxygens (including phenoxy) is 1. The largest absolute Gasteiger partial charge is 0.494 e. The summed E-state index contributed by atoms with van der Waals surface area (Å²) < 4.78 is 20.5. The minimum absolute atomic E-state index is 0.194. The lowest BCUT2D eigenvalue weighted by Gasteiger charge is -2.08. The monoisotopic (exact) mass is 379 g/mol. The molecule has 0 unspecified atom stereocenters. The average Bonchev–Trinajstić information content (AvgIpc) is 3.30. The number of nitrogens with zero attached hydrogens (tertiary/aromatic N) is 2. The fourth-order valence-corrected chi connectivity index (χ4v) is 3.59. The van der Waals surface area contributed by atoms with Gasteiger partial charge >= 0.3 is 0 Å². The van der Waals surface area contributed by atoms with Crippen molar-refractivity contribution < 1.29 is 13.9 Å². The summed E-state index contributed by atoms with van der Waals surface area (Å²) in [4.78, 5) is 12.8. The SMILES string of the molecule is CCOc1cccc(CNC(=O)c2nn(-c3ccc(F)cc3)c3c2CCC3)c1. The zero-order chi connectivity index (χ0) is 19.5. The van der Waals surface area contributed by atoms with Crippen molar-refractivity contribution in [2.24, 2.45) is 0 Å². The van der Waals surface area contributed by atoms with Crippen LogP contribution in [-0.2, 0) is 19.4 Å². The van der Waals surface area contributed by atoms with Gasteiger partial charge in [0.15, 0.2) is 5.69 Å². The van der Waals surface area contributed by atoms with Crippen LogP contribution in [0.2, 0.25) is 0 Å². The lowest BCUT2D eigenvalue weighted by Crippen LogP contribution is -2.24. The summed E-state index contributed by atoms with van der Waals surface area (Å²) in [5, 5.41) is 7.51. The number of hydrogen-bond acceptors (Lipinski definition) is 3. The number of fused-ring (bicyclic) bond motifs is 1. The average molecular weight is 379 g/mol. The second-order valence-corrected chi connectivity index (χ2v) is 6.78. The van der Waals surface area contributed by atoms with E-state index in [-0.39, 0.29) is 11.7 Å².